The lowest BCUT2D eigenvalue weighted by Crippen LogP contribution is -2.31. The number of sulfonamides is 1. The first-order valence-electron chi connectivity index (χ1n) is 4.62. The highest BCUT2D eigenvalue weighted by Gasteiger charge is 2.17. The average molecular weight is 242 g/mol. The van der Waals surface area contributed by atoms with E-state index in [-0.39, 0.29) is 17.1 Å². The van der Waals surface area contributed by atoms with E-state index in [0.29, 0.717) is 0 Å². The highest BCUT2D eigenvalue weighted by atomic mass is 32.2. The maximum absolute atomic E-state index is 11.7. The van der Waals surface area contributed by atoms with Gasteiger partial charge in [0.2, 0.25) is 10.0 Å². The first kappa shape index (κ1) is 12.7. The van der Waals surface area contributed by atoms with Crippen LogP contribution in [0.5, 0.6) is 0 Å². The summed E-state index contributed by atoms with van der Waals surface area (Å²) >= 11 is 0. The normalized spacial score (nSPS) is 13.3. The molecule has 1 rings (SSSR count). The van der Waals surface area contributed by atoms with E-state index in [2.05, 4.69) is 11.3 Å². The number of nitrogens with one attached hydrogen (secondary N) is 1. The van der Waals surface area contributed by atoms with Crippen LogP contribution < -0.4 is 10.5 Å². The fourth-order valence-corrected chi connectivity index (χ4v) is 2.26. The highest BCUT2D eigenvalue weighted by Crippen LogP contribution is 2.16. The molecule has 1 atom stereocenters. The number of anilines is 1. The molecule has 0 aliphatic carbocycles. The van der Waals surface area contributed by atoms with E-state index in [1.54, 1.807) is 12.1 Å². The van der Waals surface area contributed by atoms with Crippen LogP contribution >= 0.6 is 0 Å². The Balaban J connectivity index is 2.87. The van der Waals surface area contributed by atoms with Gasteiger partial charge in [-0.3, -0.25) is 0 Å². The van der Waals surface area contributed by atoms with Gasteiger partial charge in [-0.25, -0.2) is 13.1 Å². The van der Waals surface area contributed by atoms with Gasteiger partial charge < -0.3 is 10.8 Å². The van der Waals surface area contributed by atoms with E-state index in [9.17, 15) is 8.42 Å². The monoisotopic (exact) mass is 242 g/mol. The third kappa shape index (κ3) is 3.06. The lowest BCUT2D eigenvalue weighted by atomic mass is 10.3. The zero-order valence-electron chi connectivity index (χ0n) is 8.63. The van der Waals surface area contributed by atoms with Crippen molar-refractivity contribution >= 4 is 15.7 Å². The van der Waals surface area contributed by atoms with Gasteiger partial charge in [-0.1, -0.05) is 18.2 Å². The lowest BCUT2D eigenvalue weighted by Gasteiger charge is -2.10. The maximum Gasteiger partial charge on any atom is 0.242 e. The number of hydrogen-bond donors (Lipinski definition) is 3. The molecule has 0 spiro atoms. The van der Waals surface area contributed by atoms with Crippen molar-refractivity contribution in [1.82, 2.24) is 4.72 Å². The molecule has 5 nitrogen and oxygen atoms in total. The van der Waals surface area contributed by atoms with Crippen LogP contribution in [0.3, 0.4) is 0 Å². The van der Waals surface area contributed by atoms with Crippen LogP contribution in [0.4, 0.5) is 5.69 Å². The molecule has 0 bridgehead atoms. The smallest absolute Gasteiger partial charge is 0.242 e. The Morgan fingerprint density at radius 2 is 2.12 bits per heavy atom. The maximum atomic E-state index is 11.7. The second-order valence-electron chi connectivity index (χ2n) is 3.19. The van der Waals surface area contributed by atoms with Crippen LogP contribution in [0.2, 0.25) is 0 Å². The topological polar surface area (TPSA) is 92.4 Å². The Morgan fingerprint density at radius 1 is 1.50 bits per heavy atom. The van der Waals surface area contributed by atoms with E-state index in [4.69, 9.17) is 10.8 Å². The fourth-order valence-electron chi connectivity index (χ4n) is 1.08. The summed E-state index contributed by atoms with van der Waals surface area (Å²) in [5.41, 5.74) is 5.71. The number of hydrogen-bond acceptors (Lipinski definition) is 4. The van der Waals surface area contributed by atoms with Gasteiger partial charge in [0.25, 0.3) is 0 Å². The Morgan fingerprint density at radius 3 is 2.69 bits per heavy atom. The molecule has 0 aliphatic rings. The van der Waals surface area contributed by atoms with Gasteiger partial charge in [0.15, 0.2) is 0 Å². The predicted octanol–water partition coefficient (Wildman–Crippen LogP) is 0.0940. The van der Waals surface area contributed by atoms with Crippen molar-refractivity contribution in [3.05, 3.63) is 36.9 Å². The number of para-hydroxylation sites is 1. The summed E-state index contributed by atoms with van der Waals surface area (Å²) in [6, 6.07) is 6.12. The Bertz CT molecular complexity index is 471. The molecule has 0 saturated carbocycles. The molecule has 16 heavy (non-hydrogen) atoms. The zero-order chi connectivity index (χ0) is 12.2. The second-order valence-corrected chi connectivity index (χ2v) is 4.93. The number of benzene rings is 1. The van der Waals surface area contributed by atoms with Crippen molar-refractivity contribution in [3.8, 4) is 0 Å². The molecular formula is C10H14N2O3S. The van der Waals surface area contributed by atoms with E-state index >= 15 is 0 Å². The minimum absolute atomic E-state index is 0.00580. The third-order valence-electron chi connectivity index (χ3n) is 1.96. The minimum atomic E-state index is -3.68. The van der Waals surface area contributed by atoms with Crippen LogP contribution in [0.1, 0.15) is 0 Å². The van der Waals surface area contributed by atoms with E-state index in [1.165, 1.54) is 18.2 Å². The van der Waals surface area contributed by atoms with Gasteiger partial charge in [-0.2, -0.15) is 0 Å². The first-order chi connectivity index (χ1) is 7.47. The third-order valence-corrected chi connectivity index (χ3v) is 3.46. The van der Waals surface area contributed by atoms with Gasteiger partial charge in [-0.15, -0.1) is 6.58 Å². The number of aliphatic hydroxyl groups excluding tert-OH is 1. The molecule has 88 valence electrons. The molecule has 0 heterocycles. The standard InChI is InChI=1S/C10H14N2O3S/c1-2-8(13)7-12-16(14,15)10-6-4-3-5-9(10)11/h2-6,8,12-13H,1,7,11H2. The molecular weight excluding hydrogens is 228 g/mol. The molecule has 0 amide bonds. The van der Waals surface area contributed by atoms with E-state index < -0.39 is 16.1 Å². The molecule has 1 aromatic carbocycles. The van der Waals surface area contributed by atoms with Gasteiger partial charge in [-0.05, 0) is 12.1 Å². The fraction of sp³-hybridized carbons (Fsp3) is 0.200. The van der Waals surface area contributed by atoms with Gasteiger partial charge in [0.05, 0.1) is 11.8 Å². The summed E-state index contributed by atoms with van der Waals surface area (Å²) < 4.78 is 25.7. The molecule has 0 radical (unpaired) electrons. The van der Waals surface area contributed by atoms with Crippen molar-refractivity contribution in [3.63, 3.8) is 0 Å². The van der Waals surface area contributed by atoms with Crippen molar-refractivity contribution in [2.24, 2.45) is 0 Å². The van der Waals surface area contributed by atoms with Gasteiger partial charge in [0, 0.05) is 6.54 Å². The summed E-state index contributed by atoms with van der Waals surface area (Å²) in [6.45, 7) is 3.22. The van der Waals surface area contributed by atoms with E-state index in [0.717, 1.165) is 0 Å². The summed E-state index contributed by atoms with van der Waals surface area (Å²) in [4.78, 5) is 0.00580. The second kappa shape index (κ2) is 5.11. The van der Waals surface area contributed by atoms with E-state index in [1.807, 2.05) is 0 Å². The number of nitrogen functional groups attached to an aromatic ring is 1. The lowest BCUT2D eigenvalue weighted by molar-refractivity contribution is 0.227. The van der Waals surface area contributed by atoms with Crippen molar-refractivity contribution in [1.29, 1.82) is 0 Å². The van der Waals surface area contributed by atoms with Crippen LogP contribution in [-0.4, -0.2) is 26.2 Å². The minimum Gasteiger partial charge on any atom is -0.398 e. The number of nitrogens with two attached hydrogens (primary N) is 1. The van der Waals surface area contributed by atoms with Crippen LogP contribution in [0.15, 0.2) is 41.8 Å². The Kier molecular flexibility index (Phi) is 4.05. The quantitative estimate of drug-likeness (QED) is 0.504. The molecule has 1 unspecified atom stereocenters. The number of aliphatic hydroxyl groups is 1. The summed E-state index contributed by atoms with van der Waals surface area (Å²) in [5.74, 6) is 0. The SMILES string of the molecule is C=CC(O)CNS(=O)(=O)c1ccccc1N. The molecule has 1 aromatic rings. The molecule has 0 saturated heterocycles. The average Bonchev–Trinajstić information content (AvgIpc) is 2.26. The predicted molar refractivity (Wildman–Crippen MR) is 62.2 cm³/mol. The highest BCUT2D eigenvalue weighted by molar-refractivity contribution is 7.89. The Labute approximate surface area is 94.6 Å². The Hall–Kier alpha value is -1.37. The van der Waals surface area contributed by atoms with Crippen molar-refractivity contribution < 1.29 is 13.5 Å². The molecule has 0 aromatic heterocycles. The molecule has 6 heteroatoms. The summed E-state index contributed by atoms with van der Waals surface area (Å²) in [7, 11) is -3.68. The van der Waals surface area contributed by atoms with Crippen LogP contribution in [0, 0.1) is 0 Å². The molecule has 4 N–H and O–H groups in total. The largest absolute Gasteiger partial charge is 0.398 e. The van der Waals surface area contributed by atoms with Gasteiger partial charge >= 0.3 is 0 Å². The summed E-state index contributed by atoms with van der Waals surface area (Å²) in [6.07, 6.45) is 0.330. The zero-order valence-corrected chi connectivity index (χ0v) is 9.44. The first-order valence-corrected chi connectivity index (χ1v) is 6.10. The van der Waals surface area contributed by atoms with Crippen molar-refractivity contribution in [2.45, 2.75) is 11.0 Å². The van der Waals surface area contributed by atoms with Crippen LogP contribution in [-0.2, 0) is 10.0 Å². The molecule has 0 aliphatic heterocycles. The number of rotatable bonds is 5. The van der Waals surface area contributed by atoms with Crippen LogP contribution in [0.25, 0.3) is 0 Å². The molecule has 0 fully saturated rings. The van der Waals surface area contributed by atoms with Gasteiger partial charge in [0.1, 0.15) is 4.90 Å². The summed E-state index contributed by atoms with van der Waals surface area (Å²) in [5, 5.41) is 9.16. The van der Waals surface area contributed by atoms with Crippen molar-refractivity contribution in [2.75, 3.05) is 12.3 Å².